The highest BCUT2D eigenvalue weighted by Gasteiger charge is 2.12. The van der Waals surface area contributed by atoms with Gasteiger partial charge in [0.2, 0.25) is 0 Å². The van der Waals surface area contributed by atoms with Crippen LogP contribution in [0, 0.1) is 0 Å². The third kappa shape index (κ3) is 21.7. The fourth-order valence-electron chi connectivity index (χ4n) is 7.26. The second kappa shape index (κ2) is 28.9. The molecular formula is C31H76N6Si12. The third-order valence-corrected chi connectivity index (χ3v) is 44.4. The summed E-state index contributed by atoms with van der Waals surface area (Å²) >= 11 is 0. The number of anilines is 2. The second-order valence-electron chi connectivity index (χ2n) is 15.2. The van der Waals surface area contributed by atoms with E-state index in [1.165, 1.54) is 29.9 Å². The number of rotatable bonds is 2. The van der Waals surface area contributed by atoms with Gasteiger partial charge in [-0.15, -0.1) is 0 Å². The van der Waals surface area contributed by atoms with Gasteiger partial charge in [-0.1, -0.05) is 104 Å². The van der Waals surface area contributed by atoms with E-state index in [4.69, 9.17) is 0 Å². The zero-order chi connectivity index (χ0) is 34.8. The Labute approximate surface area is 331 Å². The van der Waals surface area contributed by atoms with Crippen LogP contribution < -0.4 is 8.46 Å². The smallest absolute Gasteiger partial charge is 0.114 e. The summed E-state index contributed by atoms with van der Waals surface area (Å²) in [6.07, 6.45) is 4.67. The number of nitrogens with zero attached hydrogens (tertiary/aromatic N) is 6. The number of benzene rings is 2. The van der Waals surface area contributed by atoms with Crippen molar-refractivity contribution in [3.63, 3.8) is 0 Å². The van der Waals surface area contributed by atoms with E-state index in [1.807, 2.05) is 0 Å². The maximum absolute atomic E-state index is 2.75. The van der Waals surface area contributed by atoms with Gasteiger partial charge >= 0.3 is 0 Å². The van der Waals surface area contributed by atoms with Crippen LogP contribution >= 0.6 is 0 Å². The van der Waals surface area contributed by atoms with Gasteiger partial charge in [0.15, 0.2) is 0 Å². The molecule has 8 rings (SSSR count). The lowest BCUT2D eigenvalue weighted by Crippen LogP contribution is -2.34. The van der Waals surface area contributed by atoms with E-state index >= 15 is 0 Å². The van der Waals surface area contributed by atoms with Gasteiger partial charge in [-0.05, 0) is 76.6 Å². The molecule has 0 radical (unpaired) electrons. The standard InChI is InChI=1S/C9H15NSi2.C8H13NSi2.2C4H13NSi2.2C3H11NSi2/c1-2-5-9(6-3-1)10-11-7-4-8-12-10;1-2-4-8(5-3-1)9-10-6-7-11-9;2*1-5-6-3-2-4-7-5;2*1-4-5-2-3-6-4/h1-3,5-6H,4,7-8,11-12H2;1-5H,6-7,10-11H2;2*2-4,6-7H2,1H3;2*2-3,5-6H2,1H3. The highest BCUT2D eigenvalue weighted by atomic mass is 28.3. The van der Waals surface area contributed by atoms with Crippen LogP contribution in [0.5, 0.6) is 0 Å². The molecule has 0 amide bonds. The molecule has 0 N–H and O–H groups in total. The van der Waals surface area contributed by atoms with Crippen molar-refractivity contribution < 1.29 is 0 Å². The van der Waals surface area contributed by atoms with Gasteiger partial charge in [-0.25, -0.2) is 0 Å². The van der Waals surface area contributed by atoms with Gasteiger partial charge in [0.25, 0.3) is 0 Å². The number of hydrogen-bond acceptors (Lipinski definition) is 6. The van der Waals surface area contributed by atoms with Crippen LogP contribution in [-0.2, 0) is 0 Å². The molecule has 6 heterocycles. The van der Waals surface area contributed by atoms with E-state index < -0.39 is 0 Å². The van der Waals surface area contributed by atoms with Gasteiger partial charge < -0.3 is 25.4 Å². The van der Waals surface area contributed by atoms with Gasteiger partial charge in [0.05, 0.1) is 77.4 Å². The molecular weight excluding hydrogens is 793 g/mol. The van der Waals surface area contributed by atoms with Crippen LogP contribution in [0.2, 0.25) is 72.5 Å². The van der Waals surface area contributed by atoms with Crippen LogP contribution in [-0.4, -0.2) is 161 Å². The van der Waals surface area contributed by atoms with Gasteiger partial charge in [-0.3, -0.25) is 0 Å². The molecule has 18 heteroatoms. The molecule has 2 aromatic rings. The second-order valence-corrected chi connectivity index (χ2v) is 46.1. The lowest BCUT2D eigenvalue weighted by molar-refractivity contribution is 0.783. The van der Waals surface area contributed by atoms with Gasteiger partial charge in [0, 0.05) is 11.4 Å². The molecule has 0 saturated carbocycles. The van der Waals surface area contributed by atoms with Crippen LogP contribution in [0.4, 0.5) is 11.4 Å². The topological polar surface area (TPSA) is 19.4 Å². The summed E-state index contributed by atoms with van der Waals surface area (Å²) in [6, 6.07) is 40.8. The fraction of sp³-hybridized carbons (Fsp3) is 0.613. The first-order chi connectivity index (χ1) is 24.0. The Bertz CT molecular complexity index is 990. The Hall–Kier alpha value is 0.483. The summed E-state index contributed by atoms with van der Waals surface area (Å²) in [5.41, 5.74) is 3.01. The molecule has 0 aliphatic carbocycles. The minimum atomic E-state index is 0.119. The third-order valence-electron chi connectivity index (χ3n) is 10.5. The normalized spacial score (nSPS) is 27.6. The van der Waals surface area contributed by atoms with Crippen LogP contribution in [0.1, 0.15) is 19.3 Å². The summed E-state index contributed by atoms with van der Waals surface area (Å²) in [4.78, 5) is 0. The highest BCUT2D eigenvalue weighted by Crippen LogP contribution is 2.18. The van der Waals surface area contributed by atoms with Gasteiger partial charge in [-0.2, -0.15) is 0 Å². The Morgan fingerprint density at radius 2 is 0.531 bits per heavy atom. The SMILES string of the molecule is CN1[SiH2]CCC[SiH2]1.CN1[SiH2]CCC[SiH2]1.CN1[SiH2]CC[SiH2]1.CN1[SiH2]CC[SiH2]1.c1ccc(N2[SiH2]CCC[SiH2]2)cc1.c1ccc(N2[SiH2]CC[SiH2]2)cc1. The zero-order valence-corrected chi connectivity index (χ0v) is 49.5. The minimum Gasteiger partial charge on any atom is -0.434 e. The van der Waals surface area contributed by atoms with E-state index in [-0.39, 0.29) is 38.7 Å². The largest absolute Gasteiger partial charge is 0.434 e. The molecule has 0 unspecified atom stereocenters. The monoisotopic (exact) mass is 868 g/mol. The molecule has 6 fully saturated rings. The van der Waals surface area contributed by atoms with E-state index in [9.17, 15) is 0 Å². The zero-order valence-electron chi connectivity index (χ0n) is 32.5. The minimum absolute atomic E-state index is 0.119. The Kier molecular flexibility index (Phi) is 25.9. The summed E-state index contributed by atoms with van der Waals surface area (Å²) in [6.45, 7) is 0. The van der Waals surface area contributed by atoms with Crippen LogP contribution in [0.25, 0.3) is 0 Å². The van der Waals surface area contributed by atoms with Crippen molar-refractivity contribution in [3.8, 4) is 0 Å². The van der Waals surface area contributed by atoms with E-state index in [1.54, 1.807) is 73.3 Å². The molecule has 6 saturated heterocycles. The highest BCUT2D eigenvalue weighted by molar-refractivity contribution is 6.68. The Morgan fingerprint density at radius 3 is 0.755 bits per heavy atom. The summed E-state index contributed by atoms with van der Waals surface area (Å²) in [5.74, 6) is 0. The molecule has 0 bridgehead atoms. The van der Waals surface area contributed by atoms with Crippen molar-refractivity contribution in [1.82, 2.24) is 16.9 Å². The summed E-state index contributed by atoms with van der Waals surface area (Å²) in [7, 11) is 12.5. The molecule has 0 atom stereocenters. The predicted molar refractivity (Wildman–Crippen MR) is 263 cm³/mol. The van der Waals surface area contributed by atoms with E-state index in [2.05, 4.69) is 114 Å². The van der Waals surface area contributed by atoms with Crippen molar-refractivity contribution in [2.24, 2.45) is 0 Å². The maximum atomic E-state index is 2.75. The molecule has 278 valence electrons. The molecule has 6 aliphatic rings. The maximum Gasteiger partial charge on any atom is 0.114 e. The molecule has 49 heavy (non-hydrogen) atoms. The van der Waals surface area contributed by atoms with Crippen molar-refractivity contribution >= 4 is 128 Å². The lowest BCUT2D eigenvalue weighted by Gasteiger charge is -2.28. The number of para-hydroxylation sites is 2. The average Bonchev–Trinajstić information content (AvgIpc) is 3.97. The summed E-state index contributed by atoms with van der Waals surface area (Å²) < 4.78 is 16.1. The Morgan fingerprint density at radius 1 is 0.306 bits per heavy atom. The molecule has 2 aromatic carbocycles. The average molecular weight is 870 g/mol. The van der Waals surface area contributed by atoms with Crippen molar-refractivity contribution in [3.05, 3.63) is 60.7 Å². The van der Waals surface area contributed by atoms with E-state index in [0.717, 1.165) is 0 Å². The first kappa shape index (κ1) is 43.9. The van der Waals surface area contributed by atoms with Gasteiger partial charge in [0.1, 0.15) is 38.7 Å². The predicted octanol–water partition coefficient (Wildman–Crippen LogP) is -2.06. The molecule has 6 aliphatic heterocycles. The first-order valence-electron chi connectivity index (χ1n) is 20.4. The fourth-order valence-corrected chi connectivity index (χ4v) is 39.3. The quantitative estimate of drug-likeness (QED) is 0.322. The van der Waals surface area contributed by atoms with Crippen molar-refractivity contribution in [2.75, 3.05) is 36.7 Å². The van der Waals surface area contributed by atoms with Crippen LogP contribution in [0.3, 0.4) is 0 Å². The van der Waals surface area contributed by atoms with Crippen LogP contribution in [0.15, 0.2) is 60.7 Å². The lowest BCUT2D eigenvalue weighted by atomic mass is 10.3. The molecule has 6 nitrogen and oxygen atoms in total. The van der Waals surface area contributed by atoms with Crippen molar-refractivity contribution in [2.45, 2.75) is 91.8 Å². The number of hydrogen-bond donors (Lipinski definition) is 0. The molecule has 0 spiro atoms. The Balaban J connectivity index is 0.000000163. The molecule has 0 aromatic heterocycles. The van der Waals surface area contributed by atoms with Crippen molar-refractivity contribution in [1.29, 1.82) is 0 Å². The summed E-state index contributed by atoms with van der Waals surface area (Å²) in [5, 5.41) is 0. The first-order valence-corrected chi connectivity index (χ1v) is 39.9. The van der Waals surface area contributed by atoms with E-state index in [0.29, 0.717) is 77.4 Å².